The normalized spacial score (nSPS) is 22.3. The van der Waals surface area contributed by atoms with E-state index in [1.54, 1.807) is 4.90 Å². The van der Waals surface area contributed by atoms with Crippen LogP contribution in [-0.4, -0.2) is 78.7 Å². The molecule has 2 fully saturated rings. The van der Waals surface area contributed by atoms with Crippen LogP contribution in [0.1, 0.15) is 26.2 Å². The van der Waals surface area contributed by atoms with E-state index in [4.69, 9.17) is 20.1 Å². The smallest absolute Gasteiger partial charge is 0.407 e. The molecule has 2 saturated heterocycles. The van der Waals surface area contributed by atoms with E-state index in [2.05, 4.69) is 17.1 Å². The third-order valence-electron chi connectivity index (χ3n) is 4.29. The van der Waals surface area contributed by atoms with Crippen molar-refractivity contribution >= 4 is 23.7 Å². The highest BCUT2D eigenvalue weighted by Gasteiger charge is 2.49. The van der Waals surface area contributed by atoms with Crippen LogP contribution in [0.3, 0.4) is 0 Å². The fourth-order valence-electron chi connectivity index (χ4n) is 2.93. The van der Waals surface area contributed by atoms with E-state index in [1.807, 2.05) is 6.92 Å². The third kappa shape index (κ3) is 5.59. The SMILES string of the molecule is C=CCON1C(=O)N2C[C@H]1C(=NOCC(N)=O)C[C@H]2CNC(=O)OCCCC. The van der Waals surface area contributed by atoms with E-state index >= 15 is 0 Å². The van der Waals surface area contributed by atoms with Gasteiger partial charge >= 0.3 is 12.1 Å². The molecule has 11 heteroatoms. The number of unbranched alkanes of at least 4 members (excludes halogenated alkanes) is 1. The number of piperidine rings is 1. The molecule has 156 valence electrons. The van der Waals surface area contributed by atoms with Gasteiger partial charge in [-0.05, 0) is 6.42 Å². The summed E-state index contributed by atoms with van der Waals surface area (Å²) in [5.41, 5.74) is 5.58. The molecular weight excluding hydrogens is 370 g/mol. The van der Waals surface area contributed by atoms with Crippen LogP contribution in [-0.2, 0) is 19.2 Å². The molecule has 2 heterocycles. The second-order valence-electron chi connectivity index (χ2n) is 6.41. The van der Waals surface area contributed by atoms with Crippen molar-refractivity contribution in [1.82, 2.24) is 15.3 Å². The molecule has 0 aliphatic carbocycles. The molecule has 2 atom stereocenters. The summed E-state index contributed by atoms with van der Waals surface area (Å²) in [6, 6.07) is -1.14. The Hall–Kier alpha value is -2.82. The topological polar surface area (TPSA) is 136 Å². The van der Waals surface area contributed by atoms with Gasteiger partial charge in [-0.3, -0.25) is 9.63 Å². The van der Waals surface area contributed by atoms with Crippen molar-refractivity contribution in [3.63, 3.8) is 0 Å². The molecule has 3 N–H and O–H groups in total. The molecule has 2 aliphatic rings. The van der Waals surface area contributed by atoms with E-state index < -0.39 is 18.0 Å². The molecule has 0 spiro atoms. The van der Waals surface area contributed by atoms with Crippen molar-refractivity contribution in [3.05, 3.63) is 12.7 Å². The Bertz CT molecular complexity index is 625. The van der Waals surface area contributed by atoms with Crippen LogP contribution in [0.15, 0.2) is 17.8 Å². The number of primary amides is 1. The average Bonchev–Trinajstić information content (AvgIpc) is 2.94. The molecule has 0 aromatic heterocycles. The molecular formula is C17H27N5O6. The molecule has 11 nitrogen and oxygen atoms in total. The van der Waals surface area contributed by atoms with E-state index in [-0.39, 0.29) is 31.8 Å². The first kappa shape index (κ1) is 21.5. The second-order valence-corrected chi connectivity index (χ2v) is 6.41. The van der Waals surface area contributed by atoms with Crippen molar-refractivity contribution in [2.45, 2.75) is 38.3 Å². The number of carbonyl (C=O) groups excluding carboxylic acids is 3. The molecule has 0 aromatic rings. The fraction of sp³-hybridized carbons (Fsp3) is 0.647. The number of alkyl carbamates (subject to hydrolysis) is 1. The Balaban J connectivity index is 2.03. The maximum atomic E-state index is 12.7. The maximum Gasteiger partial charge on any atom is 0.407 e. The highest BCUT2D eigenvalue weighted by Crippen LogP contribution is 2.28. The van der Waals surface area contributed by atoms with Gasteiger partial charge in [-0.25, -0.2) is 9.59 Å². The van der Waals surface area contributed by atoms with Crippen molar-refractivity contribution in [2.24, 2.45) is 10.9 Å². The lowest BCUT2D eigenvalue weighted by Crippen LogP contribution is -2.50. The average molecular weight is 397 g/mol. The van der Waals surface area contributed by atoms with Gasteiger partial charge in [0.1, 0.15) is 6.04 Å². The van der Waals surface area contributed by atoms with Gasteiger partial charge in [-0.1, -0.05) is 24.6 Å². The Morgan fingerprint density at radius 3 is 2.93 bits per heavy atom. The van der Waals surface area contributed by atoms with E-state index in [1.165, 1.54) is 11.1 Å². The van der Waals surface area contributed by atoms with Gasteiger partial charge in [0, 0.05) is 13.0 Å². The first-order valence-corrected chi connectivity index (χ1v) is 9.19. The largest absolute Gasteiger partial charge is 0.450 e. The number of nitrogens with one attached hydrogen (secondary N) is 1. The highest BCUT2D eigenvalue weighted by molar-refractivity contribution is 5.97. The number of ether oxygens (including phenoxy) is 1. The maximum absolute atomic E-state index is 12.7. The zero-order valence-corrected chi connectivity index (χ0v) is 16.0. The summed E-state index contributed by atoms with van der Waals surface area (Å²) in [4.78, 5) is 47.4. The molecule has 2 bridgehead atoms. The molecule has 28 heavy (non-hydrogen) atoms. The summed E-state index contributed by atoms with van der Waals surface area (Å²) in [5.74, 6) is -0.655. The van der Waals surface area contributed by atoms with Gasteiger partial charge in [0.25, 0.3) is 5.91 Å². The van der Waals surface area contributed by atoms with E-state index in [9.17, 15) is 14.4 Å². The summed E-state index contributed by atoms with van der Waals surface area (Å²) >= 11 is 0. The minimum atomic E-state index is -0.655. The molecule has 4 amide bonds. The van der Waals surface area contributed by atoms with Crippen LogP contribution >= 0.6 is 0 Å². The molecule has 2 rings (SSSR count). The van der Waals surface area contributed by atoms with Gasteiger partial charge in [0.15, 0.2) is 6.61 Å². The van der Waals surface area contributed by atoms with Gasteiger partial charge in [0.2, 0.25) is 0 Å². The summed E-state index contributed by atoms with van der Waals surface area (Å²) in [7, 11) is 0. The number of amides is 4. The van der Waals surface area contributed by atoms with Gasteiger partial charge in [-0.15, -0.1) is 6.58 Å². The third-order valence-corrected chi connectivity index (χ3v) is 4.29. The van der Waals surface area contributed by atoms with Crippen molar-refractivity contribution in [3.8, 4) is 0 Å². The predicted octanol–water partition coefficient (Wildman–Crippen LogP) is 0.367. The van der Waals surface area contributed by atoms with Crippen molar-refractivity contribution in [1.29, 1.82) is 0 Å². The van der Waals surface area contributed by atoms with Crippen molar-refractivity contribution in [2.75, 3.05) is 32.9 Å². The van der Waals surface area contributed by atoms with Gasteiger partial charge in [0.05, 0.1) is 31.5 Å². The summed E-state index contributed by atoms with van der Waals surface area (Å²) in [6.45, 7) is 6.21. The molecule has 0 radical (unpaired) electrons. The second kappa shape index (κ2) is 10.5. The van der Waals surface area contributed by atoms with E-state index in [0.717, 1.165) is 12.8 Å². The number of nitrogens with zero attached hydrogens (tertiary/aromatic N) is 3. The molecule has 2 aliphatic heterocycles. The molecule has 0 unspecified atom stereocenters. The van der Waals surface area contributed by atoms with Crippen LogP contribution in [0.25, 0.3) is 0 Å². The summed E-state index contributed by atoms with van der Waals surface area (Å²) in [6.07, 6.45) is 3.04. The number of oxime groups is 1. The van der Waals surface area contributed by atoms with E-state index in [0.29, 0.717) is 25.3 Å². The number of urea groups is 1. The zero-order valence-electron chi connectivity index (χ0n) is 16.0. The van der Waals surface area contributed by atoms with Crippen LogP contribution in [0, 0.1) is 0 Å². The Morgan fingerprint density at radius 1 is 1.46 bits per heavy atom. The summed E-state index contributed by atoms with van der Waals surface area (Å²) < 4.78 is 5.07. The van der Waals surface area contributed by atoms with Crippen molar-refractivity contribution < 1.29 is 28.8 Å². The number of hydrogen-bond donors (Lipinski definition) is 2. The number of fused-ring (bicyclic) bond motifs is 2. The lowest BCUT2D eigenvalue weighted by molar-refractivity contribution is -0.122. The minimum absolute atomic E-state index is 0.151. The number of nitrogens with two attached hydrogens (primary N) is 1. The molecule has 0 saturated carbocycles. The molecule has 0 aromatic carbocycles. The van der Waals surface area contributed by atoms with Crippen LogP contribution < -0.4 is 11.1 Å². The Kier molecular flexibility index (Phi) is 8.05. The van der Waals surface area contributed by atoms with Gasteiger partial charge in [-0.2, -0.15) is 5.06 Å². The van der Waals surface area contributed by atoms with Crippen LogP contribution in [0.2, 0.25) is 0 Å². The highest BCUT2D eigenvalue weighted by atomic mass is 16.7. The zero-order chi connectivity index (χ0) is 20.5. The quantitative estimate of drug-likeness (QED) is 0.294. The van der Waals surface area contributed by atoms with Gasteiger partial charge < -0.3 is 25.5 Å². The summed E-state index contributed by atoms with van der Waals surface area (Å²) in [5, 5.41) is 7.86. The monoisotopic (exact) mass is 397 g/mol. The Labute approximate surface area is 163 Å². The fourth-order valence-corrected chi connectivity index (χ4v) is 2.93. The number of carbonyl (C=O) groups is 3. The first-order chi connectivity index (χ1) is 13.5. The lowest BCUT2D eigenvalue weighted by Gasteiger charge is -2.31. The minimum Gasteiger partial charge on any atom is -0.450 e. The number of rotatable bonds is 11. The number of hydrogen-bond acceptors (Lipinski definition) is 7. The standard InChI is InChI=1S/C17H27N5O6/c1-3-5-7-26-16(24)19-9-12-8-13(20-27-11-15(18)23)14-10-21(12)17(25)22(14)28-6-4-2/h4,12,14H,2-3,5-11H2,1H3,(H2,18,23)(H,19,24)/t12-,14-/m0/s1. The van der Waals surface area contributed by atoms with Crippen LogP contribution in [0.5, 0.6) is 0 Å². The van der Waals surface area contributed by atoms with Crippen LogP contribution in [0.4, 0.5) is 9.59 Å². The Morgan fingerprint density at radius 2 is 2.25 bits per heavy atom. The lowest BCUT2D eigenvalue weighted by atomic mass is 9.98. The first-order valence-electron chi connectivity index (χ1n) is 9.19. The predicted molar refractivity (Wildman–Crippen MR) is 99.1 cm³/mol. The number of hydroxylamine groups is 2.